The molecular formula is C19H29IN4O3S2. The van der Waals surface area contributed by atoms with Crippen LogP contribution in [0.5, 0.6) is 0 Å². The first-order valence-corrected chi connectivity index (χ1v) is 11.7. The van der Waals surface area contributed by atoms with Crippen LogP contribution in [-0.4, -0.2) is 44.9 Å². The van der Waals surface area contributed by atoms with Crippen LogP contribution >= 0.6 is 35.3 Å². The molecule has 2 aromatic rings. The van der Waals surface area contributed by atoms with Crippen molar-refractivity contribution in [1.29, 1.82) is 0 Å². The molecule has 1 unspecified atom stereocenters. The van der Waals surface area contributed by atoms with Gasteiger partial charge in [-0.3, -0.25) is 0 Å². The molecule has 1 aromatic heterocycles. The lowest BCUT2D eigenvalue weighted by Crippen LogP contribution is -2.42. The standard InChI is InChI=1S/C19H28N4O3S2.HI/c1-3-20-18(22-15-19(2,24)17-10-7-12-27-17)21-11-13-28(25,26)23-14-16-8-5-4-6-9-16;/h4-10,12,23-24H,3,11,13-15H2,1-2H3,(H2,20,21,22);1H. The summed E-state index contributed by atoms with van der Waals surface area (Å²) in [5.41, 5.74) is -0.162. The molecule has 0 fully saturated rings. The first-order valence-electron chi connectivity index (χ1n) is 9.12. The van der Waals surface area contributed by atoms with Gasteiger partial charge >= 0.3 is 0 Å². The monoisotopic (exact) mass is 552 g/mol. The predicted octanol–water partition coefficient (Wildman–Crippen LogP) is 2.25. The van der Waals surface area contributed by atoms with Crippen LogP contribution in [0, 0.1) is 0 Å². The zero-order valence-electron chi connectivity index (χ0n) is 16.6. The number of hydrogen-bond acceptors (Lipinski definition) is 5. The molecule has 4 N–H and O–H groups in total. The molecule has 29 heavy (non-hydrogen) atoms. The molecule has 10 heteroatoms. The number of hydrogen-bond donors (Lipinski definition) is 4. The van der Waals surface area contributed by atoms with Gasteiger partial charge in [-0.1, -0.05) is 36.4 Å². The lowest BCUT2D eigenvalue weighted by atomic mass is 10.1. The smallest absolute Gasteiger partial charge is 0.213 e. The van der Waals surface area contributed by atoms with Gasteiger partial charge in [0.2, 0.25) is 10.0 Å². The molecule has 0 aliphatic heterocycles. The number of halogens is 1. The Morgan fingerprint density at radius 1 is 1.17 bits per heavy atom. The third-order valence-electron chi connectivity index (χ3n) is 3.94. The van der Waals surface area contributed by atoms with Gasteiger partial charge < -0.3 is 15.7 Å². The minimum Gasteiger partial charge on any atom is -0.383 e. The van der Waals surface area contributed by atoms with Gasteiger partial charge in [-0.2, -0.15) is 0 Å². The Hall–Kier alpha value is -1.21. The number of nitrogens with zero attached hydrogens (tertiary/aromatic N) is 1. The van der Waals surface area contributed by atoms with Crippen molar-refractivity contribution in [2.75, 3.05) is 25.4 Å². The highest BCUT2D eigenvalue weighted by atomic mass is 127. The summed E-state index contributed by atoms with van der Waals surface area (Å²) >= 11 is 1.47. The van der Waals surface area contributed by atoms with E-state index in [1.165, 1.54) is 11.3 Å². The molecule has 0 saturated carbocycles. The fourth-order valence-electron chi connectivity index (χ4n) is 2.40. The molecule has 0 saturated heterocycles. The quantitative estimate of drug-likeness (QED) is 0.206. The van der Waals surface area contributed by atoms with Crippen molar-refractivity contribution in [3.63, 3.8) is 0 Å². The Morgan fingerprint density at radius 2 is 1.90 bits per heavy atom. The van der Waals surface area contributed by atoms with Gasteiger partial charge in [-0.05, 0) is 30.9 Å². The van der Waals surface area contributed by atoms with Crippen molar-refractivity contribution in [2.24, 2.45) is 4.99 Å². The molecule has 0 spiro atoms. The second-order valence-corrected chi connectivity index (χ2v) is 9.37. The van der Waals surface area contributed by atoms with E-state index in [0.717, 1.165) is 10.4 Å². The number of benzene rings is 1. The average Bonchev–Trinajstić information content (AvgIpc) is 3.21. The summed E-state index contributed by atoms with van der Waals surface area (Å²) in [7, 11) is -3.41. The fourth-order valence-corrected chi connectivity index (χ4v) is 4.08. The largest absolute Gasteiger partial charge is 0.383 e. The van der Waals surface area contributed by atoms with Crippen molar-refractivity contribution >= 4 is 51.3 Å². The number of aliphatic hydroxyl groups is 1. The van der Waals surface area contributed by atoms with Gasteiger partial charge in [0.1, 0.15) is 5.60 Å². The number of guanidine groups is 1. The van der Waals surface area contributed by atoms with E-state index in [0.29, 0.717) is 12.5 Å². The van der Waals surface area contributed by atoms with Crippen LogP contribution in [0.25, 0.3) is 0 Å². The van der Waals surface area contributed by atoms with Gasteiger partial charge in [0.05, 0.1) is 12.3 Å². The summed E-state index contributed by atoms with van der Waals surface area (Å²) in [5.74, 6) is 0.392. The van der Waals surface area contributed by atoms with Crippen molar-refractivity contribution < 1.29 is 13.5 Å². The first kappa shape index (κ1) is 25.8. The highest BCUT2D eigenvalue weighted by Crippen LogP contribution is 2.25. The number of nitrogens with one attached hydrogen (secondary N) is 3. The molecule has 0 aliphatic carbocycles. The van der Waals surface area contributed by atoms with E-state index in [1.807, 2.05) is 54.8 Å². The van der Waals surface area contributed by atoms with E-state index in [-0.39, 0.29) is 49.4 Å². The van der Waals surface area contributed by atoms with E-state index < -0.39 is 15.6 Å². The first-order chi connectivity index (χ1) is 13.3. The minimum absolute atomic E-state index is 0. The summed E-state index contributed by atoms with van der Waals surface area (Å²) in [6.45, 7) is 4.91. The van der Waals surface area contributed by atoms with Gasteiger partial charge in [0.25, 0.3) is 0 Å². The zero-order chi connectivity index (χ0) is 20.5. The Balaban J connectivity index is 0.00000420. The normalized spacial score (nSPS) is 14.0. The van der Waals surface area contributed by atoms with Crippen LogP contribution in [0.1, 0.15) is 24.3 Å². The van der Waals surface area contributed by atoms with Crippen molar-refractivity contribution in [3.8, 4) is 0 Å². The lowest BCUT2D eigenvalue weighted by Gasteiger charge is -2.20. The number of rotatable bonds is 10. The van der Waals surface area contributed by atoms with Crippen LogP contribution in [0.2, 0.25) is 0 Å². The van der Waals surface area contributed by atoms with Crippen molar-refractivity contribution in [1.82, 2.24) is 15.4 Å². The van der Waals surface area contributed by atoms with Gasteiger partial charge in [-0.25, -0.2) is 18.1 Å². The van der Waals surface area contributed by atoms with Crippen LogP contribution in [0.3, 0.4) is 0 Å². The van der Waals surface area contributed by atoms with Gasteiger partial charge in [-0.15, -0.1) is 35.3 Å². The van der Waals surface area contributed by atoms with Gasteiger partial charge in [0.15, 0.2) is 5.96 Å². The van der Waals surface area contributed by atoms with Crippen molar-refractivity contribution in [3.05, 3.63) is 58.3 Å². The summed E-state index contributed by atoms with van der Waals surface area (Å²) in [6.07, 6.45) is 0. The summed E-state index contributed by atoms with van der Waals surface area (Å²) < 4.78 is 26.9. The second-order valence-electron chi connectivity index (χ2n) is 6.50. The van der Waals surface area contributed by atoms with Crippen LogP contribution in [0.15, 0.2) is 52.8 Å². The summed E-state index contributed by atoms with van der Waals surface area (Å²) in [6, 6.07) is 13.1. The highest BCUT2D eigenvalue weighted by molar-refractivity contribution is 14.0. The molecule has 7 nitrogen and oxygen atoms in total. The molecule has 2 rings (SSSR count). The Kier molecular flexibility index (Phi) is 11.1. The second kappa shape index (κ2) is 12.5. The minimum atomic E-state index is -3.41. The predicted molar refractivity (Wildman–Crippen MR) is 130 cm³/mol. The van der Waals surface area contributed by atoms with E-state index in [1.54, 1.807) is 6.92 Å². The highest BCUT2D eigenvalue weighted by Gasteiger charge is 2.24. The van der Waals surface area contributed by atoms with E-state index in [4.69, 9.17) is 0 Å². The van der Waals surface area contributed by atoms with Crippen LogP contribution < -0.4 is 15.4 Å². The zero-order valence-corrected chi connectivity index (χ0v) is 20.6. The molecule has 0 radical (unpaired) electrons. The van der Waals surface area contributed by atoms with E-state index in [2.05, 4.69) is 20.3 Å². The third-order valence-corrected chi connectivity index (χ3v) is 6.39. The SMILES string of the molecule is CCNC(=NCC(C)(O)c1cccs1)NCCS(=O)(=O)NCc1ccccc1.I. The van der Waals surface area contributed by atoms with E-state index in [9.17, 15) is 13.5 Å². The molecule has 162 valence electrons. The molecule has 1 atom stereocenters. The molecule has 0 amide bonds. The number of aliphatic imine (C=N–C) groups is 1. The van der Waals surface area contributed by atoms with Crippen LogP contribution in [-0.2, 0) is 22.2 Å². The van der Waals surface area contributed by atoms with E-state index >= 15 is 0 Å². The summed E-state index contributed by atoms with van der Waals surface area (Å²) in [4.78, 5) is 5.22. The van der Waals surface area contributed by atoms with Crippen molar-refractivity contribution in [2.45, 2.75) is 26.0 Å². The third kappa shape index (κ3) is 9.43. The molecule has 0 aliphatic rings. The maximum absolute atomic E-state index is 12.2. The molecule has 1 aromatic carbocycles. The topological polar surface area (TPSA) is 103 Å². The molecular weight excluding hydrogens is 523 g/mol. The number of thiophene rings is 1. The Morgan fingerprint density at radius 3 is 2.52 bits per heavy atom. The Labute approximate surface area is 194 Å². The molecule has 1 heterocycles. The Bertz CT molecular complexity index is 842. The summed E-state index contributed by atoms with van der Waals surface area (Å²) in [5, 5.41) is 18.5. The lowest BCUT2D eigenvalue weighted by molar-refractivity contribution is 0.0711. The van der Waals surface area contributed by atoms with Gasteiger partial charge in [0, 0.05) is 24.5 Å². The maximum Gasteiger partial charge on any atom is 0.213 e. The fraction of sp³-hybridized carbons (Fsp3) is 0.421. The number of sulfonamides is 1. The maximum atomic E-state index is 12.2. The average molecular weight is 553 g/mol. The molecule has 0 bridgehead atoms. The van der Waals surface area contributed by atoms with Crippen LogP contribution in [0.4, 0.5) is 0 Å².